The first-order valence-electron chi connectivity index (χ1n) is 8.07. The van der Waals surface area contributed by atoms with Crippen molar-refractivity contribution in [3.63, 3.8) is 0 Å². The second-order valence-corrected chi connectivity index (χ2v) is 6.47. The second kappa shape index (κ2) is 9.91. The van der Waals surface area contributed by atoms with Gasteiger partial charge in [0.15, 0.2) is 5.96 Å². The molecule has 1 aliphatic heterocycles. The van der Waals surface area contributed by atoms with Gasteiger partial charge in [0, 0.05) is 49.0 Å². The first kappa shape index (κ1) is 20.7. The summed E-state index contributed by atoms with van der Waals surface area (Å²) in [4.78, 5) is 18.0. The Hall–Kier alpha value is -1.62. The number of hydrogen-bond donors (Lipinski definition) is 1. The Bertz CT molecular complexity index is 737. The molecule has 2 aromatic rings. The summed E-state index contributed by atoms with van der Waals surface area (Å²) in [7, 11) is 0. The van der Waals surface area contributed by atoms with Crippen LogP contribution < -0.4 is 10.6 Å². The average molecular weight is 488 g/mol. The lowest BCUT2D eigenvalue weighted by atomic mass is 10.2. The van der Waals surface area contributed by atoms with E-state index in [1.54, 1.807) is 24.5 Å². The summed E-state index contributed by atoms with van der Waals surface area (Å²) < 4.78 is 14.0. The van der Waals surface area contributed by atoms with E-state index in [4.69, 9.17) is 5.73 Å². The third-order valence-corrected chi connectivity index (χ3v) is 4.96. The predicted molar refractivity (Wildman–Crippen MR) is 115 cm³/mol. The molecule has 2 N–H and O–H groups in total. The van der Waals surface area contributed by atoms with Crippen LogP contribution in [-0.2, 0) is 6.54 Å². The maximum Gasteiger partial charge on any atom is 0.225 e. The van der Waals surface area contributed by atoms with Gasteiger partial charge in [-0.3, -0.25) is 0 Å². The molecule has 0 bridgehead atoms. The van der Waals surface area contributed by atoms with Crippen LogP contribution in [0.2, 0.25) is 0 Å². The lowest BCUT2D eigenvalue weighted by Gasteiger charge is -2.35. The fraction of sp³-hybridized carbons (Fsp3) is 0.353. The van der Waals surface area contributed by atoms with Crippen molar-refractivity contribution in [3.8, 4) is 0 Å². The van der Waals surface area contributed by atoms with Gasteiger partial charge in [-0.15, -0.1) is 35.7 Å². The van der Waals surface area contributed by atoms with Gasteiger partial charge in [0.05, 0.1) is 6.54 Å². The lowest BCUT2D eigenvalue weighted by molar-refractivity contribution is 0.378. The van der Waals surface area contributed by atoms with Crippen molar-refractivity contribution in [2.75, 3.05) is 37.3 Å². The van der Waals surface area contributed by atoms with E-state index in [0.29, 0.717) is 11.5 Å². The SMILES string of the molecule is CSc1cccc(F)c1CN=C(N)N1CCN(c2ncccn2)CC1.I. The topological polar surface area (TPSA) is 70.6 Å². The Morgan fingerprint density at radius 3 is 2.54 bits per heavy atom. The zero-order valence-corrected chi connectivity index (χ0v) is 17.7. The van der Waals surface area contributed by atoms with Gasteiger partial charge < -0.3 is 15.5 Å². The Morgan fingerprint density at radius 1 is 1.19 bits per heavy atom. The highest BCUT2D eigenvalue weighted by atomic mass is 127. The number of nitrogens with zero attached hydrogens (tertiary/aromatic N) is 5. The summed E-state index contributed by atoms with van der Waals surface area (Å²) in [5, 5.41) is 0. The summed E-state index contributed by atoms with van der Waals surface area (Å²) in [6, 6.07) is 6.87. The van der Waals surface area contributed by atoms with E-state index in [1.807, 2.05) is 17.2 Å². The van der Waals surface area contributed by atoms with Crippen molar-refractivity contribution in [1.29, 1.82) is 0 Å². The molecule has 1 aromatic carbocycles. The van der Waals surface area contributed by atoms with E-state index in [2.05, 4.69) is 19.9 Å². The number of nitrogens with two attached hydrogens (primary N) is 1. The van der Waals surface area contributed by atoms with Crippen LogP contribution in [0.5, 0.6) is 0 Å². The fourth-order valence-corrected chi connectivity index (χ4v) is 3.36. The first-order valence-corrected chi connectivity index (χ1v) is 9.29. The highest BCUT2D eigenvalue weighted by molar-refractivity contribution is 14.0. The number of halogens is 2. The molecule has 0 aliphatic carbocycles. The minimum absolute atomic E-state index is 0. The molecule has 3 rings (SSSR count). The summed E-state index contributed by atoms with van der Waals surface area (Å²) in [6.07, 6.45) is 5.40. The van der Waals surface area contributed by atoms with Crippen LogP contribution in [0.4, 0.5) is 10.3 Å². The van der Waals surface area contributed by atoms with E-state index in [9.17, 15) is 4.39 Å². The van der Waals surface area contributed by atoms with Gasteiger partial charge in [-0.1, -0.05) is 6.07 Å². The van der Waals surface area contributed by atoms with Crippen LogP contribution in [0.3, 0.4) is 0 Å². The predicted octanol–water partition coefficient (Wildman–Crippen LogP) is 2.59. The molecular formula is C17H22FIN6S. The van der Waals surface area contributed by atoms with Crippen LogP contribution in [0.25, 0.3) is 0 Å². The largest absolute Gasteiger partial charge is 0.370 e. The molecule has 140 valence electrons. The number of anilines is 1. The Balaban J connectivity index is 0.00000243. The number of thioether (sulfide) groups is 1. The van der Waals surface area contributed by atoms with Crippen molar-refractivity contribution in [2.24, 2.45) is 10.7 Å². The van der Waals surface area contributed by atoms with E-state index in [1.165, 1.54) is 17.8 Å². The maximum absolute atomic E-state index is 14.0. The minimum atomic E-state index is -0.241. The van der Waals surface area contributed by atoms with Gasteiger partial charge >= 0.3 is 0 Å². The molecular weight excluding hydrogens is 466 g/mol. The minimum Gasteiger partial charge on any atom is -0.370 e. The Kier molecular flexibility index (Phi) is 7.88. The molecule has 26 heavy (non-hydrogen) atoms. The van der Waals surface area contributed by atoms with Gasteiger partial charge in [0.2, 0.25) is 5.95 Å². The molecule has 0 radical (unpaired) electrons. The average Bonchev–Trinajstić information content (AvgIpc) is 2.67. The van der Waals surface area contributed by atoms with E-state index < -0.39 is 0 Å². The van der Waals surface area contributed by atoms with E-state index in [0.717, 1.165) is 37.0 Å². The van der Waals surface area contributed by atoms with Crippen LogP contribution in [0, 0.1) is 5.82 Å². The van der Waals surface area contributed by atoms with Gasteiger partial charge in [-0.25, -0.2) is 19.4 Å². The van der Waals surface area contributed by atoms with Crippen LogP contribution >= 0.6 is 35.7 Å². The smallest absolute Gasteiger partial charge is 0.225 e. The van der Waals surface area contributed by atoms with Crippen molar-refractivity contribution in [3.05, 3.63) is 48.0 Å². The molecule has 1 saturated heterocycles. The summed E-state index contributed by atoms with van der Waals surface area (Å²) in [5.41, 5.74) is 6.71. The van der Waals surface area contributed by atoms with Crippen molar-refractivity contribution in [1.82, 2.24) is 14.9 Å². The zero-order valence-electron chi connectivity index (χ0n) is 14.5. The molecule has 1 fully saturated rings. The number of rotatable bonds is 4. The third-order valence-electron chi connectivity index (χ3n) is 4.13. The monoisotopic (exact) mass is 488 g/mol. The maximum atomic E-state index is 14.0. The summed E-state index contributed by atoms with van der Waals surface area (Å²) in [6.45, 7) is 3.27. The van der Waals surface area contributed by atoms with Gasteiger partial charge in [0.1, 0.15) is 5.82 Å². The molecule has 0 amide bonds. The van der Waals surface area contributed by atoms with Gasteiger partial charge in [-0.2, -0.15) is 0 Å². The highest BCUT2D eigenvalue weighted by Crippen LogP contribution is 2.23. The number of aliphatic imine (C=N–C) groups is 1. The molecule has 2 heterocycles. The molecule has 0 atom stereocenters. The molecule has 1 aliphatic rings. The molecule has 6 nitrogen and oxygen atoms in total. The second-order valence-electron chi connectivity index (χ2n) is 5.62. The number of guanidine groups is 1. The molecule has 9 heteroatoms. The molecule has 0 unspecified atom stereocenters. The number of piperazine rings is 1. The molecule has 0 spiro atoms. The lowest BCUT2D eigenvalue weighted by Crippen LogP contribution is -2.51. The Morgan fingerprint density at radius 2 is 1.88 bits per heavy atom. The van der Waals surface area contributed by atoms with Crippen LogP contribution in [0.15, 0.2) is 46.5 Å². The third kappa shape index (κ3) is 4.97. The molecule has 0 saturated carbocycles. The van der Waals surface area contributed by atoms with Crippen LogP contribution in [0.1, 0.15) is 5.56 Å². The van der Waals surface area contributed by atoms with E-state index in [-0.39, 0.29) is 36.3 Å². The summed E-state index contributed by atoms with van der Waals surface area (Å²) >= 11 is 1.51. The number of aromatic nitrogens is 2. The standard InChI is InChI=1S/C17H21FN6S.HI/c1-25-15-5-2-4-14(18)13(15)12-22-16(19)23-8-10-24(11-9-23)17-20-6-3-7-21-17;/h2-7H,8-12H2,1H3,(H2,19,22);1H. The van der Waals surface area contributed by atoms with Gasteiger partial charge in [0.25, 0.3) is 0 Å². The zero-order chi connectivity index (χ0) is 17.6. The van der Waals surface area contributed by atoms with E-state index >= 15 is 0 Å². The van der Waals surface area contributed by atoms with Gasteiger partial charge in [-0.05, 0) is 24.5 Å². The highest BCUT2D eigenvalue weighted by Gasteiger charge is 2.20. The van der Waals surface area contributed by atoms with Crippen molar-refractivity contribution < 1.29 is 4.39 Å². The molecule has 1 aromatic heterocycles. The first-order chi connectivity index (χ1) is 12.2. The quantitative estimate of drug-likeness (QED) is 0.309. The summed E-state index contributed by atoms with van der Waals surface area (Å²) in [5.74, 6) is 0.937. The Labute approximate surface area is 174 Å². The normalized spacial score (nSPS) is 14.9. The van der Waals surface area contributed by atoms with Crippen molar-refractivity contribution >= 4 is 47.6 Å². The number of hydrogen-bond acceptors (Lipinski definition) is 5. The van der Waals surface area contributed by atoms with Crippen LogP contribution in [-0.4, -0.2) is 53.3 Å². The number of benzene rings is 1. The fourth-order valence-electron chi connectivity index (χ4n) is 2.73. The van der Waals surface area contributed by atoms with Crippen molar-refractivity contribution in [2.45, 2.75) is 11.4 Å².